The first-order valence-corrected chi connectivity index (χ1v) is 8.57. The van der Waals surface area contributed by atoms with Gasteiger partial charge in [-0.25, -0.2) is 4.98 Å². The topological polar surface area (TPSA) is 56.1 Å². The molecule has 1 aromatic heterocycles. The zero-order chi connectivity index (χ0) is 18.5. The van der Waals surface area contributed by atoms with Gasteiger partial charge in [0.1, 0.15) is 17.6 Å². The number of amides is 1. The zero-order valence-electron chi connectivity index (χ0n) is 15.3. The molecule has 1 atom stereocenters. The number of benzene rings is 2. The van der Waals surface area contributed by atoms with Crippen LogP contribution in [-0.4, -0.2) is 22.1 Å². The van der Waals surface area contributed by atoms with Crippen molar-refractivity contribution in [2.24, 2.45) is 7.05 Å². The summed E-state index contributed by atoms with van der Waals surface area (Å²) in [5.41, 5.74) is 3.00. The van der Waals surface area contributed by atoms with E-state index in [1.165, 1.54) is 0 Å². The van der Waals surface area contributed by atoms with Crippen LogP contribution in [0.5, 0.6) is 5.75 Å². The highest BCUT2D eigenvalue weighted by atomic mass is 16.5. The molecule has 1 heterocycles. The van der Waals surface area contributed by atoms with Gasteiger partial charge in [-0.15, -0.1) is 0 Å². The minimum Gasteiger partial charge on any atom is -0.483 e. The number of nitrogens with zero attached hydrogens (tertiary/aromatic N) is 2. The number of para-hydroxylation sites is 1. The molecule has 1 amide bonds. The van der Waals surface area contributed by atoms with Crippen molar-refractivity contribution in [2.75, 3.05) is 6.61 Å². The number of carbonyl (C=O) groups excluding carboxylic acids is 1. The fourth-order valence-corrected chi connectivity index (χ4v) is 2.96. The molecule has 0 aliphatic carbocycles. The van der Waals surface area contributed by atoms with Gasteiger partial charge in [0.25, 0.3) is 5.91 Å². The summed E-state index contributed by atoms with van der Waals surface area (Å²) in [7, 11) is 1.91. The maximum Gasteiger partial charge on any atom is 0.258 e. The van der Waals surface area contributed by atoms with Gasteiger partial charge in [-0.3, -0.25) is 4.79 Å². The summed E-state index contributed by atoms with van der Waals surface area (Å²) in [5.74, 6) is 1.34. The third-order valence-corrected chi connectivity index (χ3v) is 4.31. The van der Waals surface area contributed by atoms with E-state index in [9.17, 15) is 4.79 Å². The predicted octanol–water partition coefficient (Wildman–Crippen LogP) is 3.32. The molecule has 2 aromatic carbocycles. The monoisotopic (exact) mass is 349 g/mol. The Kier molecular flexibility index (Phi) is 5.37. The molecule has 26 heavy (non-hydrogen) atoms. The van der Waals surface area contributed by atoms with Gasteiger partial charge in [-0.1, -0.05) is 48.5 Å². The van der Waals surface area contributed by atoms with Crippen LogP contribution in [0, 0.1) is 13.8 Å². The van der Waals surface area contributed by atoms with E-state index in [-0.39, 0.29) is 18.6 Å². The summed E-state index contributed by atoms with van der Waals surface area (Å²) >= 11 is 0. The molecule has 0 radical (unpaired) electrons. The number of carbonyl (C=O) groups is 1. The Bertz CT molecular complexity index is 867. The minimum absolute atomic E-state index is 0.0422. The van der Waals surface area contributed by atoms with E-state index in [0.717, 1.165) is 28.3 Å². The lowest BCUT2D eigenvalue weighted by Gasteiger charge is -2.20. The van der Waals surface area contributed by atoms with Crippen LogP contribution in [0.4, 0.5) is 0 Å². The van der Waals surface area contributed by atoms with Crippen LogP contribution in [0.3, 0.4) is 0 Å². The molecular weight excluding hydrogens is 326 g/mol. The predicted molar refractivity (Wildman–Crippen MR) is 101 cm³/mol. The summed E-state index contributed by atoms with van der Waals surface area (Å²) in [6.07, 6.45) is 3.59. The van der Waals surface area contributed by atoms with Crippen LogP contribution in [0.2, 0.25) is 0 Å². The van der Waals surface area contributed by atoms with Crippen molar-refractivity contribution in [1.82, 2.24) is 14.9 Å². The Balaban J connectivity index is 1.75. The van der Waals surface area contributed by atoms with Crippen LogP contribution < -0.4 is 10.1 Å². The second-order valence-electron chi connectivity index (χ2n) is 6.32. The summed E-state index contributed by atoms with van der Waals surface area (Å²) < 4.78 is 7.68. The largest absolute Gasteiger partial charge is 0.483 e. The Morgan fingerprint density at radius 1 is 1.12 bits per heavy atom. The Hall–Kier alpha value is -3.08. The van der Waals surface area contributed by atoms with Crippen LogP contribution in [0.25, 0.3) is 0 Å². The second-order valence-corrected chi connectivity index (χ2v) is 6.32. The molecule has 1 unspecified atom stereocenters. The average molecular weight is 349 g/mol. The Morgan fingerprint density at radius 2 is 1.81 bits per heavy atom. The number of aromatic nitrogens is 2. The third kappa shape index (κ3) is 3.94. The lowest BCUT2D eigenvalue weighted by Crippen LogP contribution is -2.34. The molecule has 0 fully saturated rings. The molecule has 5 heteroatoms. The van der Waals surface area contributed by atoms with Gasteiger partial charge < -0.3 is 14.6 Å². The number of nitrogens with one attached hydrogen (secondary N) is 1. The van der Waals surface area contributed by atoms with Gasteiger partial charge in [-0.2, -0.15) is 0 Å². The van der Waals surface area contributed by atoms with E-state index in [1.54, 1.807) is 6.20 Å². The number of aryl methyl sites for hydroxylation is 3. The summed E-state index contributed by atoms with van der Waals surface area (Å²) in [6.45, 7) is 3.90. The number of hydrogen-bond acceptors (Lipinski definition) is 3. The van der Waals surface area contributed by atoms with Gasteiger partial charge in [0.05, 0.1) is 0 Å². The second kappa shape index (κ2) is 7.87. The van der Waals surface area contributed by atoms with Crippen LogP contribution >= 0.6 is 0 Å². The number of rotatable bonds is 6. The zero-order valence-corrected chi connectivity index (χ0v) is 15.3. The van der Waals surface area contributed by atoms with Gasteiger partial charge in [0.2, 0.25) is 0 Å². The lowest BCUT2D eigenvalue weighted by molar-refractivity contribution is -0.123. The highest BCUT2D eigenvalue weighted by Gasteiger charge is 2.21. The summed E-state index contributed by atoms with van der Waals surface area (Å²) in [6, 6.07) is 15.4. The van der Waals surface area contributed by atoms with E-state index >= 15 is 0 Å². The van der Waals surface area contributed by atoms with Crippen molar-refractivity contribution >= 4 is 5.91 Å². The van der Waals surface area contributed by atoms with Gasteiger partial charge in [-0.05, 0) is 30.5 Å². The minimum atomic E-state index is -0.328. The molecular formula is C21H23N3O2. The normalized spacial score (nSPS) is 11.8. The third-order valence-electron chi connectivity index (χ3n) is 4.31. The van der Waals surface area contributed by atoms with Crippen molar-refractivity contribution in [3.63, 3.8) is 0 Å². The van der Waals surface area contributed by atoms with Gasteiger partial charge in [0, 0.05) is 19.4 Å². The lowest BCUT2D eigenvalue weighted by atomic mass is 10.1. The maximum absolute atomic E-state index is 12.6. The van der Waals surface area contributed by atoms with E-state index in [4.69, 9.17) is 4.74 Å². The standard InChI is InChI=1S/C21H23N3O2/c1-15-8-7-9-16(2)20(15)26-14-18(25)23-19(17-10-5-4-6-11-17)21-22-12-13-24(21)3/h4-13,19H,14H2,1-3H3,(H,23,25). The molecule has 0 spiro atoms. The highest BCUT2D eigenvalue weighted by Crippen LogP contribution is 2.23. The van der Waals surface area contributed by atoms with Gasteiger partial charge in [0.15, 0.2) is 6.61 Å². The molecule has 134 valence electrons. The molecule has 0 saturated carbocycles. The molecule has 3 rings (SSSR count). The molecule has 0 bridgehead atoms. The Labute approximate surface area is 153 Å². The fourth-order valence-electron chi connectivity index (χ4n) is 2.96. The fraction of sp³-hybridized carbons (Fsp3) is 0.238. The van der Waals surface area contributed by atoms with Crippen molar-refractivity contribution in [1.29, 1.82) is 0 Å². The van der Waals surface area contributed by atoms with Crippen LogP contribution in [0.15, 0.2) is 60.9 Å². The quantitative estimate of drug-likeness (QED) is 0.743. The van der Waals surface area contributed by atoms with Crippen LogP contribution in [-0.2, 0) is 11.8 Å². The van der Waals surface area contributed by atoms with E-state index < -0.39 is 0 Å². The van der Waals surface area contributed by atoms with Crippen molar-refractivity contribution < 1.29 is 9.53 Å². The molecule has 3 aromatic rings. The van der Waals surface area contributed by atoms with Crippen molar-refractivity contribution in [2.45, 2.75) is 19.9 Å². The molecule has 0 saturated heterocycles. The first kappa shape index (κ1) is 17.7. The molecule has 0 aliphatic heterocycles. The Morgan fingerprint density at radius 3 is 2.42 bits per heavy atom. The first-order valence-electron chi connectivity index (χ1n) is 8.57. The van der Waals surface area contributed by atoms with Crippen LogP contribution in [0.1, 0.15) is 28.6 Å². The summed E-state index contributed by atoms with van der Waals surface area (Å²) in [4.78, 5) is 17.0. The molecule has 0 aliphatic rings. The number of ether oxygens (including phenoxy) is 1. The smallest absolute Gasteiger partial charge is 0.258 e. The van der Waals surface area contributed by atoms with E-state index in [1.807, 2.05) is 80.2 Å². The summed E-state index contributed by atoms with van der Waals surface area (Å²) in [5, 5.41) is 3.04. The highest BCUT2D eigenvalue weighted by molar-refractivity contribution is 5.78. The SMILES string of the molecule is Cc1cccc(C)c1OCC(=O)NC(c1ccccc1)c1nccn1C. The van der Waals surface area contributed by atoms with E-state index in [2.05, 4.69) is 10.3 Å². The molecule has 1 N–H and O–H groups in total. The van der Waals surface area contributed by atoms with Gasteiger partial charge >= 0.3 is 0 Å². The van der Waals surface area contributed by atoms with E-state index in [0.29, 0.717) is 0 Å². The number of hydrogen-bond donors (Lipinski definition) is 1. The molecule has 5 nitrogen and oxygen atoms in total. The van der Waals surface area contributed by atoms with Crippen molar-refractivity contribution in [3.05, 3.63) is 83.4 Å². The first-order chi connectivity index (χ1) is 12.6. The maximum atomic E-state index is 12.6. The average Bonchev–Trinajstić information content (AvgIpc) is 3.06. The van der Waals surface area contributed by atoms with Crippen molar-refractivity contribution in [3.8, 4) is 5.75 Å². The number of imidazole rings is 1.